The molecule has 1 aliphatic rings. The number of hydrazone groups is 1. The van der Waals surface area contributed by atoms with Crippen LogP contribution in [0.3, 0.4) is 0 Å². The Morgan fingerprint density at radius 2 is 1.59 bits per heavy atom. The largest absolute Gasteiger partial charge is 0.463 e. The van der Waals surface area contributed by atoms with Crippen LogP contribution in [0.25, 0.3) is 11.0 Å². The van der Waals surface area contributed by atoms with Crippen LogP contribution >= 0.6 is 12.2 Å². The van der Waals surface area contributed by atoms with Crippen molar-refractivity contribution in [2.24, 2.45) is 5.10 Å². The molecule has 18 heteroatoms. The van der Waals surface area contributed by atoms with Gasteiger partial charge in [-0.15, -0.1) is 0 Å². The maximum Gasteiger partial charge on any atom is 0.345 e. The summed E-state index contributed by atoms with van der Waals surface area (Å²) in [5.74, 6) is -3.08. The Labute approximate surface area is 253 Å². The quantitative estimate of drug-likeness (QED) is 0.0744. The van der Waals surface area contributed by atoms with Gasteiger partial charge in [-0.3, -0.25) is 34.7 Å². The molecule has 2 heterocycles. The molecule has 2 aromatic rings. The van der Waals surface area contributed by atoms with Crippen molar-refractivity contribution in [1.29, 1.82) is 0 Å². The number of para-hydroxylation sites is 1. The van der Waals surface area contributed by atoms with Crippen molar-refractivity contribution < 1.29 is 52.2 Å². The van der Waals surface area contributed by atoms with Gasteiger partial charge in [0.15, 0.2) is 29.7 Å². The summed E-state index contributed by atoms with van der Waals surface area (Å²) in [5.41, 5.74) is 1.07. The zero-order chi connectivity index (χ0) is 32.7. The maximum atomic E-state index is 12.6. The van der Waals surface area contributed by atoms with Gasteiger partial charge in [0.25, 0.3) is 0 Å². The van der Waals surface area contributed by atoms with Gasteiger partial charge in [-0.1, -0.05) is 12.1 Å². The number of rotatable bonds is 9. The number of carbonyl (C=O) groups is 4. The first-order valence-electron chi connectivity index (χ1n) is 12.8. The molecule has 0 spiro atoms. The fraction of sp³-hybridized carbons (Fsp3) is 0.423. The summed E-state index contributed by atoms with van der Waals surface area (Å²) >= 11 is 5.29. The van der Waals surface area contributed by atoms with Gasteiger partial charge in [0.05, 0.1) is 16.2 Å². The number of nitro groups is 1. The molecule has 0 aliphatic carbocycles. The summed E-state index contributed by atoms with van der Waals surface area (Å²) in [6.07, 6.45) is -6.79. The van der Waals surface area contributed by atoms with Gasteiger partial charge < -0.3 is 33.4 Å². The molecule has 2 N–H and O–H groups in total. The number of esters is 4. The highest BCUT2D eigenvalue weighted by atomic mass is 32.1. The Bertz CT molecular complexity index is 1570. The van der Waals surface area contributed by atoms with E-state index in [0.717, 1.165) is 27.7 Å². The minimum atomic E-state index is -1.43. The van der Waals surface area contributed by atoms with E-state index in [1.807, 2.05) is 0 Å². The summed E-state index contributed by atoms with van der Waals surface area (Å²) in [6, 6.07) is 5.52. The first kappa shape index (κ1) is 33.5. The Balaban J connectivity index is 1.89. The molecular weight excluding hydrogens is 608 g/mol. The highest BCUT2D eigenvalue weighted by Gasteiger charge is 2.52. The lowest BCUT2D eigenvalue weighted by atomic mass is 9.97. The van der Waals surface area contributed by atoms with E-state index in [0.29, 0.717) is 0 Å². The number of nitrogens with zero attached hydrogens (tertiary/aromatic N) is 2. The molecule has 0 amide bonds. The van der Waals surface area contributed by atoms with Crippen molar-refractivity contribution in [1.82, 2.24) is 10.7 Å². The molecule has 0 radical (unpaired) electrons. The number of hydrogen-bond donors (Lipinski definition) is 2. The highest BCUT2D eigenvalue weighted by molar-refractivity contribution is 7.80. The van der Waals surface area contributed by atoms with E-state index in [9.17, 15) is 34.1 Å². The third kappa shape index (κ3) is 8.54. The van der Waals surface area contributed by atoms with Crippen LogP contribution in [-0.4, -0.2) is 76.9 Å². The van der Waals surface area contributed by atoms with Crippen molar-refractivity contribution in [3.05, 3.63) is 50.4 Å². The van der Waals surface area contributed by atoms with E-state index >= 15 is 0 Å². The fourth-order valence-electron chi connectivity index (χ4n) is 4.23. The number of non-ortho nitro benzene ring substituents is 1. The van der Waals surface area contributed by atoms with Gasteiger partial charge in [0.1, 0.15) is 12.7 Å². The third-order valence-electron chi connectivity index (χ3n) is 5.92. The van der Waals surface area contributed by atoms with E-state index in [-0.39, 0.29) is 33.0 Å². The van der Waals surface area contributed by atoms with E-state index < -0.39 is 71.7 Å². The average Bonchev–Trinajstić information content (AvgIpc) is 2.92. The molecule has 44 heavy (non-hydrogen) atoms. The van der Waals surface area contributed by atoms with Crippen molar-refractivity contribution in [3.63, 3.8) is 0 Å². The maximum absolute atomic E-state index is 12.6. The number of thiocarbonyl (C=S) groups is 1. The van der Waals surface area contributed by atoms with Crippen LogP contribution in [0.1, 0.15) is 40.2 Å². The molecule has 3 rings (SSSR count). The van der Waals surface area contributed by atoms with E-state index in [1.54, 1.807) is 0 Å². The smallest absolute Gasteiger partial charge is 0.345 e. The lowest BCUT2D eigenvalue weighted by molar-refractivity contribution is -0.383. The Morgan fingerprint density at radius 1 is 0.977 bits per heavy atom. The molecule has 1 aromatic carbocycles. The number of benzene rings is 1. The summed E-state index contributed by atoms with van der Waals surface area (Å²) in [6.45, 7) is 5.40. The fourth-order valence-corrected chi connectivity index (χ4v) is 4.39. The average molecular weight is 637 g/mol. The van der Waals surface area contributed by atoms with Gasteiger partial charge >= 0.3 is 35.2 Å². The topological polar surface area (TPSA) is 224 Å². The summed E-state index contributed by atoms with van der Waals surface area (Å²) in [4.78, 5) is 70.5. The summed E-state index contributed by atoms with van der Waals surface area (Å²) in [7, 11) is 0. The van der Waals surface area contributed by atoms with Crippen molar-refractivity contribution >= 4 is 63.6 Å². The van der Waals surface area contributed by atoms with Crippen LogP contribution in [0.5, 0.6) is 0 Å². The molecule has 1 saturated heterocycles. The number of fused-ring (bicyclic) bond motifs is 1. The van der Waals surface area contributed by atoms with Crippen molar-refractivity contribution in [2.75, 3.05) is 6.61 Å². The lowest BCUT2D eigenvalue weighted by Crippen LogP contribution is -2.66. The monoisotopic (exact) mass is 636 g/mol. The van der Waals surface area contributed by atoms with E-state index in [2.05, 4.69) is 15.8 Å². The molecular formula is C26H28N4O13S. The van der Waals surface area contributed by atoms with Crippen LogP contribution in [-0.2, 0) is 42.9 Å². The SMILES string of the molecule is CC(=O)OC[C@H]1O[C@@H](NC(=S)N/N=C(\C)c2cc3cccc([N+](=O)[O-])c3oc2=O)[C@H](OC(C)=O)[C@@H](OC(C)=O)[C@@H]1OC(C)=O. The molecule has 0 saturated carbocycles. The van der Waals surface area contributed by atoms with E-state index in [1.165, 1.54) is 31.2 Å². The van der Waals surface area contributed by atoms with E-state index in [4.69, 9.17) is 40.3 Å². The second-order valence-electron chi connectivity index (χ2n) is 9.30. The van der Waals surface area contributed by atoms with Crippen molar-refractivity contribution in [3.8, 4) is 0 Å². The second-order valence-corrected chi connectivity index (χ2v) is 9.71. The molecule has 0 unspecified atom stereocenters. The minimum Gasteiger partial charge on any atom is -0.463 e. The van der Waals surface area contributed by atoms with Crippen LogP contribution in [0, 0.1) is 10.1 Å². The Hall–Kier alpha value is -4.97. The second kappa shape index (κ2) is 14.5. The predicted octanol–water partition coefficient (Wildman–Crippen LogP) is 0.972. The Kier molecular flexibility index (Phi) is 11.0. The first-order chi connectivity index (χ1) is 20.7. The van der Waals surface area contributed by atoms with Crippen molar-refractivity contribution in [2.45, 2.75) is 65.3 Å². The zero-order valence-corrected chi connectivity index (χ0v) is 24.8. The van der Waals surface area contributed by atoms with Crippen LogP contribution < -0.4 is 16.4 Å². The lowest BCUT2D eigenvalue weighted by Gasteiger charge is -2.44. The first-order valence-corrected chi connectivity index (χ1v) is 13.2. The summed E-state index contributed by atoms with van der Waals surface area (Å²) in [5, 5.41) is 18.1. The Morgan fingerprint density at radius 3 is 2.18 bits per heavy atom. The standard InChI is InChI=1S/C26H28N4O13S/c1-11(17-9-16-7-6-8-18(30(36)37)20(16)43-25(17)35)28-29-26(44)27-24-23(41-15(5)34)22(40-14(4)33)21(39-13(3)32)19(42-24)10-38-12(2)31/h6-9,19,21-24H,10H2,1-5H3,(H2,27,29,44)/b28-11+/t19-,21-,22+,23-,24-/m1/s1. The van der Waals surface area contributed by atoms with Gasteiger partial charge in [-0.25, -0.2) is 4.79 Å². The van der Waals surface area contributed by atoms with Gasteiger partial charge in [-0.2, -0.15) is 5.10 Å². The van der Waals surface area contributed by atoms with Gasteiger partial charge in [0.2, 0.25) is 5.58 Å². The van der Waals surface area contributed by atoms with Crippen LogP contribution in [0.4, 0.5) is 5.69 Å². The third-order valence-corrected chi connectivity index (χ3v) is 6.12. The molecule has 236 valence electrons. The molecule has 5 atom stereocenters. The van der Waals surface area contributed by atoms with Gasteiger partial charge in [-0.05, 0) is 25.2 Å². The summed E-state index contributed by atoms with van der Waals surface area (Å²) < 4.78 is 32.1. The molecule has 0 bridgehead atoms. The zero-order valence-electron chi connectivity index (χ0n) is 24.0. The number of carbonyl (C=O) groups excluding carboxylic acids is 4. The minimum absolute atomic E-state index is 0.0272. The highest BCUT2D eigenvalue weighted by Crippen LogP contribution is 2.28. The number of ether oxygens (including phenoxy) is 5. The van der Waals surface area contributed by atoms with Gasteiger partial charge in [0, 0.05) is 39.1 Å². The predicted molar refractivity (Wildman–Crippen MR) is 152 cm³/mol. The molecule has 1 fully saturated rings. The number of nitrogens with one attached hydrogen (secondary N) is 2. The molecule has 1 aromatic heterocycles. The number of hydrogen-bond acceptors (Lipinski definition) is 15. The number of nitro benzene ring substituents is 1. The van der Waals surface area contributed by atoms with Crippen LogP contribution in [0.15, 0.2) is 38.6 Å². The molecule has 1 aliphatic heterocycles. The molecule has 17 nitrogen and oxygen atoms in total. The van der Waals surface area contributed by atoms with Crippen LogP contribution in [0.2, 0.25) is 0 Å². The normalized spacial score (nSPS) is 21.5.